The van der Waals surface area contributed by atoms with Crippen molar-refractivity contribution in [3.8, 4) is 11.5 Å². The predicted molar refractivity (Wildman–Crippen MR) is 125 cm³/mol. The van der Waals surface area contributed by atoms with E-state index in [1.54, 1.807) is 7.11 Å². The van der Waals surface area contributed by atoms with Crippen LogP contribution in [0.1, 0.15) is 69.1 Å². The molecular formula is C28H37NO2. The second-order valence-corrected chi connectivity index (χ2v) is 11.4. The van der Waals surface area contributed by atoms with E-state index in [0.717, 1.165) is 24.0 Å². The molecule has 2 atom stereocenters. The van der Waals surface area contributed by atoms with Gasteiger partial charge >= 0.3 is 0 Å². The molecule has 0 spiro atoms. The summed E-state index contributed by atoms with van der Waals surface area (Å²) in [4.78, 5) is 0. The van der Waals surface area contributed by atoms with Crippen molar-refractivity contribution in [3.63, 3.8) is 0 Å². The molecular weight excluding hydrogens is 382 g/mol. The smallest absolute Gasteiger partial charge is 0.166 e. The Balaban J connectivity index is 1.36. The number of hydrogen-bond acceptors (Lipinski definition) is 3. The lowest BCUT2D eigenvalue weighted by Gasteiger charge is -2.65. The minimum Gasteiger partial charge on any atom is -0.493 e. The van der Waals surface area contributed by atoms with E-state index in [9.17, 15) is 0 Å². The van der Waals surface area contributed by atoms with Crippen LogP contribution in [0.15, 0.2) is 42.5 Å². The van der Waals surface area contributed by atoms with Crippen LogP contribution < -0.4 is 14.8 Å². The standard InChI is InChI=1S/C28H37NO2/c1-20-8-5-6-9-23(20)16-31-25-22(10-7-11-24(25)30-4)15-29-28-14-21-12-26(2,18-28)17-27(3,13-21)19-28/h5-11,21,29H,12-19H2,1-4H3. The molecule has 0 radical (unpaired) electrons. The summed E-state index contributed by atoms with van der Waals surface area (Å²) >= 11 is 0. The number of benzene rings is 2. The molecule has 4 aliphatic rings. The van der Waals surface area contributed by atoms with Crippen molar-refractivity contribution in [2.45, 2.75) is 78.0 Å². The molecule has 166 valence electrons. The average molecular weight is 420 g/mol. The van der Waals surface area contributed by atoms with Gasteiger partial charge in [0.25, 0.3) is 0 Å². The second kappa shape index (κ2) is 7.55. The number of nitrogens with one attached hydrogen (secondary N) is 1. The largest absolute Gasteiger partial charge is 0.493 e. The van der Waals surface area contributed by atoms with Crippen molar-refractivity contribution in [1.29, 1.82) is 0 Å². The third kappa shape index (κ3) is 3.98. The first-order chi connectivity index (χ1) is 14.8. The highest BCUT2D eigenvalue weighted by Gasteiger charge is 2.59. The highest BCUT2D eigenvalue weighted by atomic mass is 16.5. The SMILES string of the molecule is COc1cccc(CNC23CC4CC(C)(CC(C)(C4)C2)C3)c1OCc1ccccc1C. The molecule has 3 heteroatoms. The van der Waals surface area contributed by atoms with Crippen LogP contribution in [0.4, 0.5) is 0 Å². The highest BCUT2D eigenvalue weighted by Crippen LogP contribution is 2.66. The zero-order valence-corrected chi connectivity index (χ0v) is 19.6. The summed E-state index contributed by atoms with van der Waals surface area (Å²) in [5.74, 6) is 2.58. The summed E-state index contributed by atoms with van der Waals surface area (Å²) in [5.41, 5.74) is 4.97. The monoisotopic (exact) mass is 419 g/mol. The van der Waals surface area contributed by atoms with Gasteiger partial charge in [-0.1, -0.05) is 50.2 Å². The van der Waals surface area contributed by atoms with Gasteiger partial charge < -0.3 is 14.8 Å². The molecule has 1 N–H and O–H groups in total. The minimum atomic E-state index is 0.277. The molecule has 4 saturated carbocycles. The number of hydrogen-bond donors (Lipinski definition) is 1. The van der Waals surface area contributed by atoms with Crippen molar-refractivity contribution < 1.29 is 9.47 Å². The first kappa shape index (κ1) is 20.9. The fraction of sp³-hybridized carbons (Fsp3) is 0.571. The van der Waals surface area contributed by atoms with Crippen LogP contribution >= 0.6 is 0 Å². The van der Waals surface area contributed by atoms with E-state index in [-0.39, 0.29) is 5.54 Å². The number of aryl methyl sites for hydroxylation is 1. The van der Waals surface area contributed by atoms with E-state index in [4.69, 9.17) is 9.47 Å². The normalized spacial score (nSPS) is 33.5. The Morgan fingerprint density at radius 2 is 1.61 bits per heavy atom. The number of ether oxygens (including phenoxy) is 2. The Morgan fingerprint density at radius 3 is 2.29 bits per heavy atom. The molecule has 31 heavy (non-hydrogen) atoms. The van der Waals surface area contributed by atoms with E-state index < -0.39 is 0 Å². The van der Waals surface area contributed by atoms with Gasteiger partial charge in [-0.05, 0) is 79.4 Å². The summed E-state index contributed by atoms with van der Waals surface area (Å²) in [6, 6.07) is 14.7. The predicted octanol–water partition coefficient (Wildman–Crippen LogP) is 6.42. The molecule has 0 aliphatic heterocycles. The molecule has 2 aromatic carbocycles. The lowest BCUT2D eigenvalue weighted by molar-refractivity contribution is -0.118. The van der Waals surface area contributed by atoms with E-state index in [1.165, 1.54) is 55.2 Å². The number of rotatable bonds is 7. The summed E-state index contributed by atoms with van der Waals surface area (Å²) < 4.78 is 12.1. The van der Waals surface area contributed by atoms with Gasteiger partial charge in [0.2, 0.25) is 0 Å². The van der Waals surface area contributed by atoms with Crippen LogP contribution in [0.5, 0.6) is 11.5 Å². The zero-order chi connectivity index (χ0) is 21.7. The van der Waals surface area contributed by atoms with Gasteiger partial charge in [-0.3, -0.25) is 0 Å². The lowest BCUT2D eigenvalue weighted by Crippen LogP contribution is -2.63. The third-order valence-electron chi connectivity index (χ3n) is 8.19. The summed E-state index contributed by atoms with van der Waals surface area (Å²) in [5, 5.41) is 4.06. The Labute approximate surface area is 187 Å². The van der Waals surface area contributed by atoms with Gasteiger partial charge in [-0.15, -0.1) is 0 Å². The molecule has 2 aromatic rings. The molecule has 0 amide bonds. The van der Waals surface area contributed by atoms with Gasteiger partial charge in [-0.2, -0.15) is 0 Å². The van der Waals surface area contributed by atoms with Crippen LogP contribution in [0, 0.1) is 23.7 Å². The van der Waals surface area contributed by atoms with Gasteiger partial charge in [-0.25, -0.2) is 0 Å². The maximum Gasteiger partial charge on any atom is 0.166 e. The maximum absolute atomic E-state index is 6.37. The van der Waals surface area contributed by atoms with E-state index in [0.29, 0.717) is 17.4 Å². The summed E-state index contributed by atoms with van der Waals surface area (Å²) in [6.45, 7) is 8.60. The Hall–Kier alpha value is -2.00. The first-order valence-electron chi connectivity index (χ1n) is 11.9. The molecule has 4 bridgehead atoms. The highest BCUT2D eigenvalue weighted by molar-refractivity contribution is 5.47. The van der Waals surface area contributed by atoms with Crippen molar-refractivity contribution in [3.05, 3.63) is 59.2 Å². The second-order valence-electron chi connectivity index (χ2n) is 11.4. The Kier molecular flexibility index (Phi) is 5.08. The molecule has 0 saturated heterocycles. The first-order valence-corrected chi connectivity index (χ1v) is 11.9. The summed E-state index contributed by atoms with van der Waals surface area (Å²) in [6.07, 6.45) is 8.22. The van der Waals surface area contributed by atoms with E-state index in [1.807, 2.05) is 6.07 Å². The molecule has 0 aromatic heterocycles. The fourth-order valence-corrected chi connectivity index (χ4v) is 7.87. The Morgan fingerprint density at radius 1 is 0.903 bits per heavy atom. The van der Waals surface area contributed by atoms with Crippen LogP contribution in [0.2, 0.25) is 0 Å². The average Bonchev–Trinajstić information content (AvgIpc) is 2.69. The lowest BCUT2D eigenvalue weighted by atomic mass is 9.43. The van der Waals surface area contributed by atoms with Crippen molar-refractivity contribution in [2.75, 3.05) is 7.11 Å². The number of para-hydroxylation sites is 1. The van der Waals surface area contributed by atoms with Gasteiger partial charge in [0, 0.05) is 17.6 Å². The van der Waals surface area contributed by atoms with Gasteiger partial charge in [0.15, 0.2) is 11.5 Å². The van der Waals surface area contributed by atoms with Crippen molar-refractivity contribution >= 4 is 0 Å². The molecule has 3 nitrogen and oxygen atoms in total. The summed E-state index contributed by atoms with van der Waals surface area (Å²) in [7, 11) is 1.73. The quantitative estimate of drug-likeness (QED) is 0.561. The van der Waals surface area contributed by atoms with Gasteiger partial charge in [0.1, 0.15) is 6.61 Å². The van der Waals surface area contributed by atoms with Crippen molar-refractivity contribution in [1.82, 2.24) is 5.32 Å². The van der Waals surface area contributed by atoms with Gasteiger partial charge in [0.05, 0.1) is 7.11 Å². The van der Waals surface area contributed by atoms with Crippen LogP contribution in [-0.2, 0) is 13.2 Å². The fourth-order valence-electron chi connectivity index (χ4n) is 7.87. The topological polar surface area (TPSA) is 30.5 Å². The van der Waals surface area contributed by atoms with Crippen LogP contribution in [-0.4, -0.2) is 12.6 Å². The third-order valence-corrected chi connectivity index (χ3v) is 8.19. The minimum absolute atomic E-state index is 0.277. The van der Waals surface area contributed by atoms with E-state index >= 15 is 0 Å². The molecule has 4 aliphatic carbocycles. The van der Waals surface area contributed by atoms with Crippen LogP contribution in [0.3, 0.4) is 0 Å². The molecule has 6 rings (SSSR count). The molecule has 2 unspecified atom stereocenters. The maximum atomic E-state index is 6.37. The number of methoxy groups -OCH3 is 1. The van der Waals surface area contributed by atoms with Crippen LogP contribution in [0.25, 0.3) is 0 Å². The van der Waals surface area contributed by atoms with Crippen molar-refractivity contribution in [2.24, 2.45) is 16.7 Å². The van der Waals surface area contributed by atoms with E-state index in [2.05, 4.69) is 62.5 Å². The molecule has 4 fully saturated rings. The molecule has 0 heterocycles. The zero-order valence-electron chi connectivity index (χ0n) is 19.6. The Bertz CT molecular complexity index is 949.